The molecule has 1 fully saturated rings. The summed E-state index contributed by atoms with van der Waals surface area (Å²) in [6.45, 7) is 2.19. The van der Waals surface area contributed by atoms with Crippen molar-refractivity contribution in [2.24, 2.45) is 0 Å². The second-order valence-electron chi connectivity index (χ2n) is 8.27. The third-order valence-electron chi connectivity index (χ3n) is 5.58. The molecule has 172 valence electrons. The van der Waals surface area contributed by atoms with Crippen molar-refractivity contribution in [1.82, 2.24) is 29.5 Å². The smallest absolute Gasteiger partial charge is 0.248 e. The van der Waals surface area contributed by atoms with Gasteiger partial charge in [0.1, 0.15) is 12.1 Å². The fourth-order valence-electron chi connectivity index (χ4n) is 3.91. The molecule has 0 aromatic carbocycles. The summed E-state index contributed by atoms with van der Waals surface area (Å²) in [7, 11) is 3.93. The number of fused-ring (bicyclic) bond motifs is 1. The first-order valence-corrected chi connectivity index (χ1v) is 11.5. The van der Waals surface area contributed by atoms with Crippen LogP contribution >= 0.6 is 11.3 Å². The van der Waals surface area contributed by atoms with E-state index in [0.29, 0.717) is 19.0 Å². The Morgan fingerprint density at radius 3 is 2.88 bits per heavy atom. The minimum absolute atomic E-state index is 0.212. The number of carbonyl (C=O) groups excluding carboxylic acids is 1. The van der Waals surface area contributed by atoms with E-state index in [2.05, 4.69) is 28.4 Å². The number of aliphatic hydroxyl groups excluding tert-OH is 1. The molecule has 0 atom stereocenters. The number of nitrogens with zero attached hydrogens (tertiary/aromatic N) is 7. The molecule has 3 aromatic heterocycles. The van der Waals surface area contributed by atoms with E-state index in [4.69, 9.17) is 10.1 Å². The number of amides is 1. The van der Waals surface area contributed by atoms with Crippen LogP contribution in [0.4, 0.5) is 5.95 Å². The number of hydrogen-bond acceptors (Lipinski definition) is 9. The molecule has 0 unspecified atom stereocenters. The van der Waals surface area contributed by atoms with E-state index in [1.165, 1.54) is 4.90 Å². The van der Waals surface area contributed by atoms with Gasteiger partial charge in [-0.1, -0.05) is 6.92 Å². The molecule has 0 spiro atoms. The van der Waals surface area contributed by atoms with Crippen LogP contribution in [0.15, 0.2) is 35.7 Å². The third-order valence-corrected chi connectivity index (χ3v) is 6.49. The molecule has 0 radical (unpaired) electrons. The van der Waals surface area contributed by atoms with Crippen LogP contribution in [0.25, 0.3) is 21.5 Å². The summed E-state index contributed by atoms with van der Waals surface area (Å²) in [6.07, 6.45) is 6.62. The van der Waals surface area contributed by atoms with Crippen molar-refractivity contribution in [2.45, 2.75) is 25.3 Å². The molecule has 11 heteroatoms. The predicted molar refractivity (Wildman–Crippen MR) is 126 cm³/mol. The lowest BCUT2D eigenvalue weighted by molar-refractivity contribution is -0.145. The number of rotatable bonds is 8. The largest absolute Gasteiger partial charge is 0.387 e. The number of allylic oxidation sites excluding steroid dienone is 1. The van der Waals surface area contributed by atoms with E-state index in [9.17, 15) is 10.1 Å². The van der Waals surface area contributed by atoms with Crippen molar-refractivity contribution >= 4 is 33.4 Å². The van der Waals surface area contributed by atoms with Crippen LogP contribution in [0.1, 0.15) is 19.8 Å². The van der Waals surface area contributed by atoms with Gasteiger partial charge in [0, 0.05) is 50.8 Å². The number of hydrogen-bond donors (Lipinski definition) is 2. The van der Waals surface area contributed by atoms with Crippen molar-refractivity contribution in [3.63, 3.8) is 0 Å². The minimum atomic E-state index is -0.607. The zero-order chi connectivity index (χ0) is 23.6. The first-order valence-electron chi connectivity index (χ1n) is 10.6. The molecular weight excluding hydrogens is 440 g/mol. The van der Waals surface area contributed by atoms with Gasteiger partial charge in [-0.15, -0.1) is 11.3 Å². The summed E-state index contributed by atoms with van der Waals surface area (Å²) in [5.74, 6) is 0.161. The van der Waals surface area contributed by atoms with Gasteiger partial charge in [-0.25, -0.2) is 9.97 Å². The number of aromatic nitrogens is 4. The summed E-state index contributed by atoms with van der Waals surface area (Å²) in [6, 6.07) is 4.17. The quantitative estimate of drug-likeness (QED) is 0.518. The van der Waals surface area contributed by atoms with E-state index in [1.807, 2.05) is 42.8 Å². The van der Waals surface area contributed by atoms with E-state index in [1.54, 1.807) is 22.2 Å². The standard InChI is InChI=1S/C22H26N8O2S/c1-4-16(11-28(2)3)25-21-26-17-5-8-33-20(17)19(27-21)15-9-24-30(10-15)22(6-7-23)13-29(14-22)18(32)12-31/h5,8-11,31H,4,6,12-14H2,1-3H3,(H,25,26,27)/b16-11+. The zero-order valence-corrected chi connectivity index (χ0v) is 19.6. The van der Waals surface area contributed by atoms with Crippen molar-refractivity contribution in [3.05, 3.63) is 35.7 Å². The van der Waals surface area contributed by atoms with Gasteiger partial charge in [0.05, 0.1) is 34.6 Å². The van der Waals surface area contributed by atoms with Gasteiger partial charge >= 0.3 is 0 Å². The van der Waals surface area contributed by atoms with Crippen LogP contribution in [0.3, 0.4) is 0 Å². The van der Waals surface area contributed by atoms with Crippen LogP contribution < -0.4 is 5.32 Å². The van der Waals surface area contributed by atoms with Crippen molar-refractivity contribution in [3.8, 4) is 17.3 Å². The molecule has 33 heavy (non-hydrogen) atoms. The van der Waals surface area contributed by atoms with E-state index >= 15 is 0 Å². The number of likely N-dealkylation sites (tertiary alicyclic amines) is 1. The summed E-state index contributed by atoms with van der Waals surface area (Å²) < 4.78 is 2.71. The maximum atomic E-state index is 11.8. The topological polar surface area (TPSA) is 123 Å². The van der Waals surface area contributed by atoms with Crippen molar-refractivity contribution in [2.75, 3.05) is 39.1 Å². The Balaban J connectivity index is 1.68. The molecular formula is C22H26N8O2S. The third kappa shape index (κ3) is 4.40. The molecule has 0 saturated carbocycles. The van der Waals surface area contributed by atoms with E-state index in [-0.39, 0.29) is 12.3 Å². The summed E-state index contributed by atoms with van der Waals surface area (Å²) in [4.78, 5) is 24.8. The fraction of sp³-hybridized carbons (Fsp3) is 0.409. The highest BCUT2D eigenvalue weighted by molar-refractivity contribution is 7.17. The van der Waals surface area contributed by atoms with Gasteiger partial charge in [-0.3, -0.25) is 9.48 Å². The molecule has 4 heterocycles. The minimum Gasteiger partial charge on any atom is -0.387 e. The molecule has 1 saturated heterocycles. The molecule has 10 nitrogen and oxygen atoms in total. The Hall–Kier alpha value is -3.49. The average Bonchev–Trinajstić information content (AvgIpc) is 3.44. The Labute approximate surface area is 195 Å². The lowest BCUT2D eigenvalue weighted by atomic mass is 9.86. The monoisotopic (exact) mass is 466 g/mol. The Bertz CT molecular complexity index is 1230. The van der Waals surface area contributed by atoms with Crippen LogP contribution in [-0.2, 0) is 10.3 Å². The van der Waals surface area contributed by atoms with Gasteiger partial charge in [0.25, 0.3) is 0 Å². The van der Waals surface area contributed by atoms with Gasteiger partial charge < -0.3 is 20.2 Å². The summed E-state index contributed by atoms with van der Waals surface area (Å²) >= 11 is 1.56. The highest BCUT2D eigenvalue weighted by atomic mass is 32.1. The first kappa shape index (κ1) is 22.7. The Kier molecular flexibility index (Phi) is 6.31. The number of thiophene rings is 1. The molecule has 4 rings (SSSR count). The van der Waals surface area contributed by atoms with Gasteiger partial charge in [-0.05, 0) is 17.9 Å². The lowest BCUT2D eigenvalue weighted by Crippen LogP contribution is -2.64. The van der Waals surface area contributed by atoms with Crippen LogP contribution in [0, 0.1) is 11.3 Å². The Morgan fingerprint density at radius 1 is 1.42 bits per heavy atom. The Morgan fingerprint density at radius 2 is 2.21 bits per heavy atom. The molecule has 0 aliphatic carbocycles. The van der Waals surface area contributed by atoms with Crippen molar-refractivity contribution < 1.29 is 9.90 Å². The predicted octanol–water partition coefficient (Wildman–Crippen LogP) is 2.22. The van der Waals surface area contributed by atoms with Gasteiger partial charge in [0.2, 0.25) is 11.9 Å². The van der Waals surface area contributed by atoms with Crippen LogP contribution in [0.2, 0.25) is 0 Å². The van der Waals surface area contributed by atoms with Gasteiger partial charge in [-0.2, -0.15) is 10.4 Å². The van der Waals surface area contributed by atoms with Crippen molar-refractivity contribution in [1.29, 1.82) is 5.26 Å². The summed E-state index contributed by atoms with van der Waals surface area (Å²) in [5, 5.41) is 28.3. The fourth-order valence-corrected chi connectivity index (χ4v) is 4.75. The maximum Gasteiger partial charge on any atom is 0.248 e. The van der Waals surface area contributed by atoms with E-state index < -0.39 is 12.1 Å². The average molecular weight is 467 g/mol. The molecule has 3 aromatic rings. The molecule has 2 N–H and O–H groups in total. The number of nitrogens with one attached hydrogen (secondary N) is 1. The normalized spacial score (nSPS) is 15.2. The molecule has 0 bridgehead atoms. The number of carbonyl (C=O) groups is 1. The highest BCUT2D eigenvalue weighted by Gasteiger charge is 2.47. The number of aliphatic hydroxyl groups is 1. The molecule has 1 aliphatic heterocycles. The molecule has 1 aliphatic rings. The number of nitriles is 1. The second-order valence-corrected chi connectivity index (χ2v) is 9.18. The lowest BCUT2D eigenvalue weighted by Gasteiger charge is -2.48. The van der Waals surface area contributed by atoms with E-state index in [0.717, 1.165) is 33.6 Å². The number of anilines is 1. The SMILES string of the molecule is CC/C(=C\N(C)C)Nc1nc(-c2cnn(C3(CC#N)CN(C(=O)CO)C3)c2)c2sccc2n1. The zero-order valence-electron chi connectivity index (χ0n) is 18.8. The maximum absolute atomic E-state index is 11.8. The summed E-state index contributed by atoms with van der Waals surface area (Å²) in [5.41, 5.74) is 2.80. The van der Waals surface area contributed by atoms with Crippen LogP contribution in [-0.4, -0.2) is 74.4 Å². The first-order chi connectivity index (χ1) is 15.9. The highest BCUT2D eigenvalue weighted by Crippen LogP contribution is 2.36. The second kappa shape index (κ2) is 9.17. The van der Waals surface area contributed by atoms with Crippen LogP contribution in [0.5, 0.6) is 0 Å². The van der Waals surface area contributed by atoms with Gasteiger partial charge in [0.15, 0.2) is 0 Å². The molecule has 1 amide bonds.